The van der Waals surface area contributed by atoms with E-state index in [0.717, 1.165) is 25.9 Å². The molecule has 0 bridgehead atoms. The van der Waals surface area contributed by atoms with Crippen LogP contribution in [-0.4, -0.2) is 71.7 Å². The fourth-order valence-electron chi connectivity index (χ4n) is 3.55. The SMILES string of the molecule is O=C(O)C(CN1CCC(N2CCCCC2)C1)NC1CC1. The molecule has 2 N–H and O–H groups in total. The lowest BCUT2D eigenvalue weighted by Gasteiger charge is -2.32. The molecule has 5 nitrogen and oxygen atoms in total. The van der Waals surface area contributed by atoms with Crippen LogP contribution in [0.2, 0.25) is 0 Å². The number of nitrogens with one attached hydrogen (secondary N) is 1. The first-order valence-corrected chi connectivity index (χ1v) is 8.17. The number of likely N-dealkylation sites (tertiary alicyclic amines) is 2. The number of piperidine rings is 1. The number of carboxylic acid groups (broad SMARTS) is 1. The average Bonchev–Trinajstić information content (AvgIpc) is 3.15. The maximum absolute atomic E-state index is 11.3. The molecule has 3 rings (SSSR count). The van der Waals surface area contributed by atoms with Crippen LogP contribution in [0.15, 0.2) is 0 Å². The number of carbonyl (C=O) groups is 1. The molecule has 1 saturated carbocycles. The maximum Gasteiger partial charge on any atom is 0.322 e. The Balaban J connectivity index is 1.46. The number of carboxylic acids is 1. The first-order valence-electron chi connectivity index (χ1n) is 8.17. The number of nitrogens with zero attached hydrogens (tertiary/aromatic N) is 2. The van der Waals surface area contributed by atoms with Crippen LogP contribution in [0.3, 0.4) is 0 Å². The van der Waals surface area contributed by atoms with Crippen LogP contribution in [0.4, 0.5) is 0 Å². The van der Waals surface area contributed by atoms with E-state index in [1.54, 1.807) is 0 Å². The molecular weight excluding hydrogens is 254 g/mol. The van der Waals surface area contributed by atoms with E-state index in [0.29, 0.717) is 18.6 Å². The number of hydrogen-bond donors (Lipinski definition) is 2. The van der Waals surface area contributed by atoms with Crippen LogP contribution in [0.25, 0.3) is 0 Å². The zero-order valence-electron chi connectivity index (χ0n) is 12.3. The summed E-state index contributed by atoms with van der Waals surface area (Å²) in [5.41, 5.74) is 0. The quantitative estimate of drug-likeness (QED) is 0.752. The fraction of sp³-hybridized carbons (Fsp3) is 0.933. The van der Waals surface area contributed by atoms with Gasteiger partial charge >= 0.3 is 5.97 Å². The van der Waals surface area contributed by atoms with E-state index in [4.69, 9.17) is 0 Å². The van der Waals surface area contributed by atoms with E-state index in [9.17, 15) is 9.90 Å². The van der Waals surface area contributed by atoms with Crippen molar-refractivity contribution in [3.63, 3.8) is 0 Å². The van der Waals surface area contributed by atoms with Gasteiger partial charge in [-0.15, -0.1) is 0 Å². The highest BCUT2D eigenvalue weighted by molar-refractivity contribution is 5.73. The van der Waals surface area contributed by atoms with Crippen LogP contribution in [-0.2, 0) is 4.79 Å². The molecule has 20 heavy (non-hydrogen) atoms. The number of hydrogen-bond acceptors (Lipinski definition) is 4. The first kappa shape index (κ1) is 14.3. The van der Waals surface area contributed by atoms with E-state index >= 15 is 0 Å². The van der Waals surface area contributed by atoms with Crippen molar-refractivity contribution in [1.29, 1.82) is 0 Å². The molecule has 0 aromatic carbocycles. The second kappa shape index (κ2) is 6.41. The summed E-state index contributed by atoms with van der Waals surface area (Å²) < 4.78 is 0. The summed E-state index contributed by atoms with van der Waals surface area (Å²) in [6, 6.07) is 0.727. The summed E-state index contributed by atoms with van der Waals surface area (Å²) in [6.45, 7) is 5.24. The van der Waals surface area contributed by atoms with Gasteiger partial charge in [0.1, 0.15) is 6.04 Å². The molecule has 0 aromatic heterocycles. The molecule has 5 heteroatoms. The normalized spacial score (nSPS) is 30.5. The van der Waals surface area contributed by atoms with Gasteiger partial charge in [0.15, 0.2) is 0 Å². The molecule has 2 heterocycles. The van der Waals surface area contributed by atoms with Gasteiger partial charge in [0.05, 0.1) is 0 Å². The highest BCUT2D eigenvalue weighted by atomic mass is 16.4. The van der Waals surface area contributed by atoms with Gasteiger partial charge in [0.2, 0.25) is 0 Å². The lowest BCUT2D eigenvalue weighted by Crippen LogP contribution is -2.47. The monoisotopic (exact) mass is 281 g/mol. The van der Waals surface area contributed by atoms with Crippen LogP contribution in [0, 0.1) is 0 Å². The minimum Gasteiger partial charge on any atom is -0.480 e. The smallest absolute Gasteiger partial charge is 0.322 e. The molecule has 2 unspecified atom stereocenters. The summed E-state index contributed by atoms with van der Waals surface area (Å²) in [5.74, 6) is -0.696. The Bertz CT molecular complexity index is 340. The standard InChI is InChI=1S/C15H27N3O2/c19-15(20)14(16-12-4-5-12)11-17-9-6-13(10-17)18-7-2-1-3-8-18/h12-14,16H,1-11H2,(H,19,20). The molecular formula is C15H27N3O2. The van der Waals surface area contributed by atoms with Gasteiger partial charge in [-0.25, -0.2) is 0 Å². The predicted molar refractivity (Wildman–Crippen MR) is 77.9 cm³/mol. The highest BCUT2D eigenvalue weighted by Gasteiger charge is 2.33. The van der Waals surface area contributed by atoms with Crippen LogP contribution >= 0.6 is 0 Å². The Hall–Kier alpha value is -0.650. The van der Waals surface area contributed by atoms with Crippen molar-refractivity contribution in [2.75, 3.05) is 32.7 Å². The molecule has 3 fully saturated rings. The molecule has 3 aliphatic rings. The average molecular weight is 281 g/mol. The van der Waals surface area contributed by atoms with E-state index < -0.39 is 5.97 Å². The van der Waals surface area contributed by atoms with Crippen molar-refractivity contribution in [3.05, 3.63) is 0 Å². The van der Waals surface area contributed by atoms with E-state index in [-0.39, 0.29) is 6.04 Å². The summed E-state index contributed by atoms with van der Waals surface area (Å²) in [5, 5.41) is 12.6. The van der Waals surface area contributed by atoms with Gasteiger partial charge in [-0.05, 0) is 51.7 Å². The summed E-state index contributed by atoms with van der Waals surface area (Å²) in [4.78, 5) is 16.3. The van der Waals surface area contributed by atoms with Crippen molar-refractivity contribution in [2.24, 2.45) is 0 Å². The van der Waals surface area contributed by atoms with Gasteiger partial charge in [0.25, 0.3) is 0 Å². The van der Waals surface area contributed by atoms with Crippen molar-refractivity contribution >= 4 is 5.97 Å². The second-order valence-electron chi connectivity index (χ2n) is 6.63. The third kappa shape index (κ3) is 3.71. The van der Waals surface area contributed by atoms with Gasteiger partial charge in [-0.1, -0.05) is 6.42 Å². The Kier molecular flexibility index (Phi) is 4.58. The predicted octanol–water partition coefficient (Wildman–Crippen LogP) is 0.752. The summed E-state index contributed by atoms with van der Waals surface area (Å²) >= 11 is 0. The third-order valence-corrected chi connectivity index (χ3v) is 4.91. The minimum atomic E-state index is -0.696. The molecule has 1 aliphatic carbocycles. The zero-order valence-corrected chi connectivity index (χ0v) is 12.3. The van der Waals surface area contributed by atoms with E-state index in [1.165, 1.54) is 38.8 Å². The van der Waals surface area contributed by atoms with E-state index in [2.05, 4.69) is 15.1 Å². The lowest BCUT2D eigenvalue weighted by atomic mass is 10.1. The molecule has 2 saturated heterocycles. The second-order valence-corrected chi connectivity index (χ2v) is 6.63. The lowest BCUT2D eigenvalue weighted by molar-refractivity contribution is -0.140. The van der Waals surface area contributed by atoms with Crippen LogP contribution in [0.1, 0.15) is 38.5 Å². The molecule has 2 aliphatic heterocycles. The van der Waals surface area contributed by atoms with Crippen LogP contribution in [0.5, 0.6) is 0 Å². The van der Waals surface area contributed by atoms with E-state index in [1.807, 2.05) is 0 Å². The maximum atomic E-state index is 11.3. The summed E-state index contributed by atoms with van der Waals surface area (Å²) in [6.07, 6.45) is 7.52. The van der Waals surface area contributed by atoms with Crippen molar-refractivity contribution in [1.82, 2.24) is 15.1 Å². The number of aliphatic carboxylic acids is 1. The Morgan fingerprint density at radius 1 is 1.15 bits per heavy atom. The van der Waals surface area contributed by atoms with Crippen LogP contribution < -0.4 is 5.32 Å². The Labute approximate surface area is 121 Å². The van der Waals surface area contributed by atoms with Gasteiger partial charge in [-0.2, -0.15) is 0 Å². The Morgan fingerprint density at radius 2 is 1.90 bits per heavy atom. The molecule has 2 atom stereocenters. The zero-order chi connectivity index (χ0) is 13.9. The van der Waals surface area contributed by atoms with Gasteiger partial charge in [0, 0.05) is 25.2 Å². The first-order chi connectivity index (χ1) is 9.72. The van der Waals surface area contributed by atoms with Crippen molar-refractivity contribution in [2.45, 2.75) is 56.7 Å². The molecule has 0 amide bonds. The molecule has 0 aromatic rings. The topological polar surface area (TPSA) is 55.8 Å². The summed E-state index contributed by atoms with van der Waals surface area (Å²) in [7, 11) is 0. The Morgan fingerprint density at radius 3 is 2.55 bits per heavy atom. The molecule has 114 valence electrons. The fourth-order valence-corrected chi connectivity index (χ4v) is 3.55. The minimum absolute atomic E-state index is 0.386. The van der Waals surface area contributed by atoms with Gasteiger partial charge in [-0.3, -0.25) is 14.6 Å². The van der Waals surface area contributed by atoms with Gasteiger partial charge < -0.3 is 10.4 Å². The third-order valence-electron chi connectivity index (χ3n) is 4.91. The van der Waals surface area contributed by atoms with Crippen molar-refractivity contribution in [3.8, 4) is 0 Å². The molecule has 0 spiro atoms. The van der Waals surface area contributed by atoms with Crippen molar-refractivity contribution < 1.29 is 9.90 Å². The largest absolute Gasteiger partial charge is 0.480 e. The number of rotatable bonds is 6. The molecule has 0 radical (unpaired) electrons. The highest BCUT2D eigenvalue weighted by Crippen LogP contribution is 2.22.